The molecule has 0 aliphatic carbocycles. The second-order valence-electron chi connectivity index (χ2n) is 8.82. The summed E-state index contributed by atoms with van der Waals surface area (Å²) in [6.07, 6.45) is 4.77. The Labute approximate surface area is 183 Å². The SMILES string of the molecule is CC(C)(C)C1[C@@H](Nc2nc(-c3c[nH]c4ncc(Cl)cc34)ncc2F)CCCN1C(=O)O. The number of nitrogens with zero attached hydrogens (tertiary/aromatic N) is 4. The Morgan fingerprint density at radius 2 is 2.13 bits per heavy atom. The summed E-state index contributed by atoms with van der Waals surface area (Å²) < 4.78 is 14.7. The van der Waals surface area contributed by atoms with Crippen LogP contribution in [0, 0.1) is 11.2 Å². The number of carboxylic acid groups (broad SMARTS) is 1. The number of pyridine rings is 1. The second-order valence-corrected chi connectivity index (χ2v) is 9.26. The number of fused-ring (bicyclic) bond motifs is 1. The maximum Gasteiger partial charge on any atom is 0.407 e. The maximum absolute atomic E-state index is 14.7. The van der Waals surface area contributed by atoms with Crippen LogP contribution < -0.4 is 5.32 Å². The van der Waals surface area contributed by atoms with E-state index in [2.05, 4.69) is 25.3 Å². The molecule has 1 unspecified atom stereocenters. The summed E-state index contributed by atoms with van der Waals surface area (Å²) in [5, 5.41) is 14.0. The number of aromatic amines is 1. The molecule has 4 rings (SSSR count). The van der Waals surface area contributed by atoms with E-state index in [1.54, 1.807) is 12.3 Å². The summed E-state index contributed by atoms with van der Waals surface area (Å²) in [4.78, 5) is 29.1. The minimum absolute atomic E-state index is 0.0424. The Morgan fingerprint density at radius 3 is 2.84 bits per heavy atom. The minimum atomic E-state index is -0.974. The van der Waals surface area contributed by atoms with Crippen LogP contribution in [0.1, 0.15) is 33.6 Å². The van der Waals surface area contributed by atoms with Gasteiger partial charge in [0.05, 0.1) is 17.3 Å². The van der Waals surface area contributed by atoms with Gasteiger partial charge in [0.25, 0.3) is 0 Å². The Balaban J connectivity index is 1.70. The molecule has 4 heterocycles. The van der Waals surface area contributed by atoms with Gasteiger partial charge in [-0.2, -0.15) is 0 Å². The second kappa shape index (κ2) is 7.96. The number of rotatable bonds is 3. The zero-order valence-electron chi connectivity index (χ0n) is 17.5. The van der Waals surface area contributed by atoms with Crippen LogP contribution >= 0.6 is 11.6 Å². The van der Waals surface area contributed by atoms with E-state index in [4.69, 9.17) is 11.6 Å². The van der Waals surface area contributed by atoms with Crippen molar-refractivity contribution < 1.29 is 14.3 Å². The third-order valence-corrected chi connectivity index (χ3v) is 5.78. The van der Waals surface area contributed by atoms with E-state index in [0.717, 1.165) is 11.6 Å². The van der Waals surface area contributed by atoms with E-state index in [9.17, 15) is 14.3 Å². The number of H-pyrrole nitrogens is 1. The van der Waals surface area contributed by atoms with E-state index in [-0.39, 0.29) is 23.3 Å². The van der Waals surface area contributed by atoms with Gasteiger partial charge in [-0.1, -0.05) is 32.4 Å². The predicted molar refractivity (Wildman–Crippen MR) is 117 cm³/mol. The van der Waals surface area contributed by atoms with Crippen molar-refractivity contribution in [2.24, 2.45) is 5.41 Å². The van der Waals surface area contributed by atoms with Crippen LogP contribution in [0.3, 0.4) is 0 Å². The molecule has 0 saturated carbocycles. The average Bonchev–Trinajstić information content (AvgIpc) is 3.11. The van der Waals surface area contributed by atoms with Gasteiger partial charge in [0.2, 0.25) is 0 Å². The average molecular weight is 447 g/mol. The molecule has 3 aromatic heterocycles. The lowest BCUT2D eigenvalue weighted by atomic mass is 9.77. The molecule has 1 amide bonds. The normalized spacial score (nSPS) is 19.6. The first-order valence-corrected chi connectivity index (χ1v) is 10.4. The fourth-order valence-corrected chi connectivity index (χ4v) is 4.53. The van der Waals surface area contributed by atoms with Gasteiger partial charge in [-0.15, -0.1) is 0 Å². The van der Waals surface area contributed by atoms with Crippen LogP contribution in [0.5, 0.6) is 0 Å². The predicted octanol–water partition coefficient (Wildman–Crippen LogP) is 4.78. The number of hydrogen-bond donors (Lipinski definition) is 3. The van der Waals surface area contributed by atoms with Crippen molar-refractivity contribution in [1.29, 1.82) is 0 Å². The third kappa shape index (κ3) is 4.14. The number of amides is 1. The Kier molecular flexibility index (Phi) is 5.47. The largest absolute Gasteiger partial charge is 0.465 e. The Bertz CT molecular complexity index is 1130. The lowest BCUT2D eigenvalue weighted by molar-refractivity contribution is 0.0518. The monoisotopic (exact) mass is 446 g/mol. The van der Waals surface area contributed by atoms with Crippen molar-refractivity contribution in [2.45, 2.75) is 45.7 Å². The summed E-state index contributed by atoms with van der Waals surface area (Å²) >= 11 is 6.08. The quantitative estimate of drug-likeness (QED) is 0.534. The number of hydrogen-bond acceptors (Lipinski definition) is 5. The van der Waals surface area contributed by atoms with Gasteiger partial charge in [0.15, 0.2) is 17.5 Å². The molecule has 1 fully saturated rings. The van der Waals surface area contributed by atoms with Crippen molar-refractivity contribution >= 4 is 34.5 Å². The summed E-state index contributed by atoms with van der Waals surface area (Å²) in [6, 6.07) is 1.12. The van der Waals surface area contributed by atoms with Gasteiger partial charge in [0, 0.05) is 35.9 Å². The summed E-state index contributed by atoms with van der Waals surface area (Å²) in [5.41, 5.74) is 0.928. The molecule has 10 heteroatoms. The lowest BCUT2D eigenvalue weighted by Gasteiger charge is -2.47. The highest BCUT2D eigenvalue weighted by molar-refractivity contribution is 6.31. The number of piperidine rings is 1. The highest BCUT2D eigenvalue weighted by Gasteiger charge is 2.42. The van der Waals surface area contributed by atoms with Crippen LogP contribution in [0.4, 0.5) is 15.0 Å². The van der Waals surface area contributed by atoms with Crippen molar-refractivity contribution in [2.75, 3.05) is 11.9 Å². The number of carbonyl (C=O) groups is 1. The number of nitrogens with one attached hydrogen (secondary N) is 2. The van der Waals surface area contributed by atoms with Crippen LogP contribution in [0.2, 0.25) is 5.02 Å². The van der Waals surface area contributed by atoms with Gasteiger partial charge in [0.1, 0.15) is 5.65 Å². The highest BCUT2D eigenvalue weighted by atomic mass is 35.5. The van der Waals surface area contributed by atoms with Crippen molar-refractivity contribution in [3.63, 3.8) is 0 Å². The van der Waals surface area contributed by atoms with Crippen LogP contribution in [0.25, 0.3) is 22.4 Å². The standard InChI is InChI=1S/C21H24ClFN6O2/c1-21(2,3)16-15(5-4-6-29(16)20(30)31)27-19-14(23)10-26-18(28-19)13-9-25-17-12(13)7-11(22)8-24-17/h7-10,15-16H,4-6H2,1-3H3,(H,24,25)(H,30,31)(H,26,27,28)/t15-,16?/m0/s1. The van der Waals surface area contributed by atoms with E-state index in [1.165, 1.54) is 11.1 Å². The molecule has 0 bridgehead atoms. The molecule has 0 spiro atoms. The van der Waals surface area contributed by atoms with Crippen LogP contribution in [-0.4, -0.2) is 54.7 Å². The van der Waals surface area contributed by atoms with Crippen LogP contribution in [-0.2, 0) is 0 Å². The Morgan fingerprint density at radius 1 is 1.35 bits per heavy atom. The summed E-state index contributed by atoms with van der Waals surface area (Å²) in [7, 11) is 0. The molecular formula is C21H24ClFN6O2. The van der Waals surface area contributed by atoms with Crippen molar-refractivity contribution in [3.8, 4) is 11.4 Å². The van der Waals surface area contributed by atoms with Crippen LogP contribution in [0.15, 0.2) is 24.7 Å². The van der Waals surface area contributed by atoms with E-state index in [0.29, 0.717) is 41.4 Å². The Hall–Kier alpha value is -2.94. The number of aromatic nitrogens is 4. The summed E-state index contributed by atoms with van der Waals surface area (Å²) in [5.74, 6) is -0.238. The summed E-state index contributed by atoms with van der Waals surface area (Å²) in [6.45, 7) is 6.41. The van der Waals surface area contributed by atoms with E-state index in [1.807, 2.05) is 20.8 Å². The molecule has 164 valence electrons. The van der Waals surface area contributed by atoms with E-state index >= 15 is 0 Å². The lowest BCUT2D eigenvalue weighted by Crippen LogP contribution is -2.58. The van der Waals surface area contributed by atoms with Gasteiger partial charge in [-0.3, -0.25) is 0 Å². The fraction of sp³-hybridized carbons (Fsp3) is 0.429. The molecule has 31 heavy (non-hydrogen) atoms. The molecule has 1 aliphatic heterocycles. The molecular weight excluding hydrogens is 423 g/mol. The van der Waals surface area contributed by atoms with Gasteiger partial charge in [-0.25, -0.2) is 24.1 Å². The molecule has 8 nitrogen and oxygen atoms in total. The molecule has 1 aliphatic rings. The zero-order valence-corrected chi connectivity index (χ0v) is 18.2. The van der Waals surface area contributed by atoms with Gasteiger partial charge >= 0.3 is 6.09 Å². The van der Waals surface area contributed by atoms with Crippen molar-refractivity contribution in [1.82, 2.24) is 24.8 Å². The molecule has 1 saturated heterocycles. The topological polar surface area (TPSA) is 107 Å². The first kappa shape index (κ1) is 21.3. The van der Waals surface area contributed by atoms with Gasteiger partial charge < -0.3 is 20.3 Å². The van der Waals surface area contributed by atoms with Gasteiger partial charge in [-0.05, 0) is 24.3 Å². The first-order valence-electron chi connectivity index (χ1n) is 10.1. The van der Waals surface area contributed by atoms with E-state index < -0.39 is 11.9 Å². The molecule has 0 radical (unpaired) electrons. The molecule has 3 aromatic rings. The first-order chi connectivity index (χ1) is 14.6. The molecule has 3 N–H and O–H groups in total. The highest BCUT2D eigenvalue weighted by Crippen LogP contribution is 2.35. The molecule has 2 atom stereocenters. The maximum atomic E-state index is 14.7. The minimum Gasteiger partial charge on any atom is -0.465 e. The van der Waals surface area contributed by atoms with Crippen molar-refractivity contribution in [3.05, 3.63) is 35.5 Å². The number of halogens is 2. The number of likely N-dealkylation sites (tertiary alicyclic amines) is 1. The fourth-order valence-electron chi connectivity index (χ4n) is 4.37. The molecule has 0 aromatic carbocycles. The third-order valence-electron chi connectivity index (χ3n) is 5.57. The zero-order chi connectivity index (χ0) is 22.3. The number of anilines is 1. The smallest absolute Gasteiger partial charge is 0.407 e.